The van der Waals surface area contributed by atoms with Gasteiger partial charge < -0.3 is 38.1 Å². The summed E-state index contributed by atoms with van der Waals surface area (Å²) in [6, 6.07) is -1.04. The lowest BCUT2D eigenvalue weighted by atomic mass is 9.82. The van der Waals surface area contributed by atoms with Gasteiger partial charge in [0.1, 0.15) is 24.0 Å². The summed E-state index contributed by atoms with van der Waals surface area (Å²) in [6.45, 7) is 26.0. The van der Waals surface area contributed by atoms with Crippen molar-refractivity contribution in [1.29, 1.82) is 0 Å². The van der Waals surface area contributed by atoms with Crippen molar-refractivity contribution in [3.63, 3.8) is 0 Å². The van der Waals surface area contributed by atoms with Crippen LogP contribution in [0, 0.1) is 29.6 Å². The van der Waals surface area contributed by atoms with Gasteiger partial charge >= 0.3 is 5.97 Å². The minimum Gasteiger partial charge on any atom is -0.456 e. The predicted octanol–water partition coefficient (Wildman–Crippen LogP) is 10.1. The molecule has 1 saturated carbocycles. The Balaban J connectivity index is 1.73. The lowest BCUT2D eigenvalue weighted by Crippen LogP contribution is -2.64. The van der Waals surface area contributed by atoms with E-state index in [1.54, 1.807) is 28.3 Å². The standard InChI is InChI=1S/C53H91NO11Si/c1-16-19-41-27-35(8)26-36(9)28-46(61-14)49-47(62-15)30-39(12)53(59,64-49)50(56)51(57)54-25-18-17-20-42(54)52(58)63-48(37(10)21-23-43(41)55)38(11)29-40-22-24-44(45(31-40)60-13)65-66(32(2)3,33(4)5)34(6)7/h27,29,32-34,36-37,39-42,44-49,59H,16-26,28,30-31H2,1-15H3. The molecule has 3 fully saturated rings. The van der Waals surface area contributed by atoms with Gasteiger partial charge in [0.25, 0.3) is 11.7 Å². The average molecular weight is 946 g/mol. The van der Waals surface area contributed by atoms with E-state index in [0.29, 0.717) is 61.6 Å². The Morgan fingerprint density at radius 1 is 0.864 bits per heavy atom. The zero-order chi connectivity index (χ0) is 49.3. The molecule has 2 saturated heterocycles. The van der Waals surface area contributed by atoms with Crippen LogP contribution in [-0.2, 0) is 47.3 Å². The number of methoxy groups -OCH3 is 3. The van der Waals surface area contributed by atoms with Gasteiger partial charge in [-0.25, -0.2) is 4.79 Å². The number of fused-ring (bicyclic) bond motifs is 3. The Hall–Kier alpha value is -2.26. The Bertz CT molecular complexity index is 1660. The number of amides is 1. The van der Waals surface area contributed by atoms with Gasteiger partial charge in [-0.05, 0) is 124 Å². The highest BCUT2D eigenvalue weighted by Gasteiger charge is 2.57. The molecule has 378 valence electrons. The van der Waals surface area contributed by atoms with Crippen LogP contribution in [0.15, 0.2) is 23.3 Å². The number of carbonyl (C=O) groups excluding carboxylic acids is 4. The quantitative estimate of drug-likeness (QED) is 0.0863. The highest BCUT2D eigenvalue weighted by atomic mass is 28.4. The van der Waals surface area contributed by atoms with Gasteiger partial charge in [0.05, 0.1) is 24.4 Å². The normalized spacial score (nSPS) is 35.7. The highest BCUT2D eigenvalue weighted by Crippen LogP contribution is 2.46. The van der Waals surface area contributed by atoms with Crippen molar-refractivity contribution in [2.45, 2.75) is 232 Å². The first kappa shape index (κ1) is 56.3. The van der Waals surface area contributed by atoms with Crippen molar-refractivity contribution in [3.8, 4) is 0 Å². The summed E-state index contributed by atoms with van der Waals surface area (Å²) in [5, 5.41) is 12.2. The van der Waals surface area contributed by atoms with Crippen LogP contribution in [0.1, 0.15) is 167 Å². The smallest absolute Gasteiger partial charge is 0.329 e. The number of hydrogen-bond donors (Lipinski definition) is 1. The van der Waals surface area contributed by atoms with E-state index in [2.05, 4.69) is 74.5 Å². The summed E-state index contributed by atoms with van der Waals surface area (Å²) in [4.78, 5) is 58.9. The second-order valence-corrected chi connectivity index (χ2v) is 27.2. The molecule has 2 bridgehead atoms. The molecule has 3 heterocycles. The van der Waals surface area contributed by atoms with Crippen LogP contribution in [0.2, 0.25) is 16.6 Å². The van der Waals surface area contributed by atoms with Crippen LogP contribution in [0.3, 0.4) is 0 Å². The molecule has 3 aliphatic heterocycles. The van der Waals surface area contributed by atoms with E-state index in [9.17, 15) is 24.3 Å². The molecule has 0 spiro atoms. The Labute approximate surface area is 400 Å². The van der Waals surface area contributed by atoms with Crippen LogP contribution < -0.4 is 0 Å². The second kappa shape index (κ2) is 25.0. The molecular weight excluding hydrogens is 855 g/mol. The van der Waals surface area contributed by atoms with Gasteiger partial charge in [0, 0.05) is 46.1 Å². The number of nitrogens with zero attached hydrogens (tertiary/aromatic N) is 1. The summed E-state index contributed by atoms with van der Waals surface area (Å²) < 4.78 is 38.2. The molecule has 0 aromatic carbocycles. The number of allylic oxidation sites excluding steroid dienone is 3. The maximum Gasteiger partial charge on any atom is 0.329 e. The Morgan fingerprint density at radius 2 is 1.48 bits per heavy atom. The van der Waals surface area contributed by atoms with Crippen molar-refractivity contribution >= 4 is 31.8 Å². The third-order valence-electron chi connectivity index (χ3n) is 16.0. The lowest BCUT2D eigenvalue weighted by molar-refractivity contribution is -0.302. The van der Waals surface area contributed by atoms with Crippen LogP contribution in [-0.4, -0.2) is 118 Å². The lowest BCUT2D eigenvalue weighted by Gasteiger charge is -2.47. The first-order valence-electron chi connectivity index (χ1n) is 25.7. The van der Waals surface area contributed by atoms with Crippen LogP contribution in [0.25, 0.3) is 0 Å². The molecule has 0 radical (unpaired) electrons. The number of piperidine rings is 1. The number of ketones is 2. The minimum absolute atomic E-state index is 0.000904. The zero-order valence-electron chi connectivity index (χ0n) is 43.7. The Morgan fingerprint density at radius 3 is 2.08 bits per heavy atom. The summed E-state index contributed by atoms with van der Waals surface area (Å²) in [5.74, 6) is -5.99. The monoisotopic (exact) mass is 946 g/mol. The molecule has 12 nitrogen and oxygen atoms in total. The van der Waals surface area contributed by atoms with E-state index in [0.717, 1.165) is 43.3 Å². The first-order chi connectivity index (χ1) is 31.1. The van der Waals surface area contributed by atoms with E-state index in [-0.39, 0.29) is 54.6 Å². The molecule has 1 N–H and O–H groups in total. The predicted molar refractivity (Wildman–Crippen MR) is 261 cm³/mol. The molecule has 66 heavy (non-hydrogen) atoms. The number of cyclic esters (lactones) is 1. The van der Waals surface area contributed by atoms with Crippen molar-refractivity contribution in [2.24, 2.45) is 29.6 Å². The average Bonchev–Trinajstić information content (AvgIpc) is 3.27. The maximum atomic E-state index is 14.6. The SMILES string of the molecule is CCCC1C=C(C)CC(C)CC(OC)C2OC(O)(C(=O)C(=O)N3CCCCC3C(=O)OC(C(C)=CC3CCC(O[Si](C(C)C)(C(C)C)C(C)C)C(OC)C3)C(C)CCC1=O)C(C)CC2OC. The fourth-order valence-corrected chi connectivity index (χ4v) is 18.0. The third-order valence-corrected chi connectivity index (χ3v) is 22.1. The number of esters is 1. The van der Waals surface area contributed by atoms with Crippen molar-refractivity contribution < 1.29 is 52.4 Å². The molecule has 13 atom stereocenters. The van der Waals surface area contributed by atoms with Gasteiger partial charge in [0.2, 0.25) is 14.1 Å². The third kappa shape index (κ3) is 13.1. The van der Waals surface area contributed by atoms with E-state index in [1.807, 2.05) is 13.8 Å². The number of rotatable bonds is 12. The fraction of sp³-hybridized carbons (Fsp3) is 0.849. The molecule has 13 heteroatoms. The van der Waals surface area contributed by atoms with Gasteiger partial charge in [-0.2, -0.15) is 0 Å². The molecule has 1 aliphatic carbocycles. The second-order valence-electron chi connectivity index (χ2n) is 21.8. The molecule has 13 unspecified atom stereocenters. The van der Waals surface area contributed by atoms with Gasteiger partial charge in [-0.1, -0.05) is 93.4 Å². The maximum absolute atomic E-state index is 14.6. The number of carbonyl (C=O) groups is 4. The van der Waals surface area contributed by atoms with Crippen LogP contribution in [0.5, 0.6) is 0 Å². The molecule has 4 aliphatic rings. The largest absolute Gasteiger partial charge is 0.456 e. The van der Waals surface area contributed by atoms with Gasteiger partial charge in [-0.15, -0.1) is 0 Å². The summed E-state index contributed by atoms with van der Waals surface area (Å²) in [5.41, 5.74) is 3.36. The number of Topliss-reactive ketones (excluding diaryl/α,β-unsaturated/α-hetero) is 2. The van der Waals surface area contributed by atoms with Crippen molar-refractivity contribution in [1.82, 2.24) is 4.90 Å². The summed E-state index contributed by atoms with van der Waals surface area (Å²) >= 11 is 0. The number of aliphatic hydroxyl groups is 1. The fourth-order valence-electron chi connectivity index (χ4n) is 12.4. The van der Waals surface area contributed by atoms with E-state index >= 15 is 0 Å². The molecular formula is C53H91NO11Si. The zero-order valence-corrected chi connectivity index (χ0v) is 44.7. The van der Waals surface area contributed by atoms with Crippen molar-refractivity contribution in [3.05, 3.63) is 23.3 Å². The molecule has 4 rings (SSSR count). The highest BCUT2D eigenvalue weighted by molar-refractivity contribution is 6.77. The Kier molecular flexibility index (Phi) is 21.4. The van der Waals surface area contributed by atoms with E-state index in [1.165, 1.54) is 4.90 Å². The molecule has 1 amide bonds. The van der Waals surface area contributed by atoms with Gasteiger partial charge in [0.15, 0.2) is 0 Å². The summed E-state index contributed by atoms with van der Waals surface area (Å²) in [6.07, 6.45) is 9.62. The summed E-state index contributed by atoms with van der Waals surface area (Å²) in [7, 11) is 2.76. The van der Waals surface area contributed by atoms with Gasteiger partial charge in [-0.3, -0.25) is 14.4 Å². The topological polar surface area (TPSA) is 147 Å². The minimum atomic E-state index is -2.46. The molecule has 0 aromatic rings. The number of hydrogen-bond acceptors (Lipinski definition) is 11. The van der Waals surface area contributed by atoms with Crippen LogP contribution in [0.4, 0.5) is 0 Å². The van der Waals surface area contributed by atoms with E-state index < -0.39 is 68.1 Å². The van der Waals surface area contributed by atoms with Crippen molar-refractivity contribution in [2.75, 3.05) is 27.9 Å². The number of ether oxygens (including phenoxy) is 5. The van der Waals surface area contributed by atoms with Crippen LogP contribution >= 0.6 is 0 Å². The molecule has 0 aromatic heterocycles. The van der Waals surface area contributed by atoms with E-state index in [4.69, 9.17) is 28.1 Å². The first-order valence-corrected chi connectivity index (χ1v) is 27.8.